The number of rotatable bonds is 5. The van der Waals surface area contributed by atoms with Crippen molar-refractivity contribution in [1.82, 2.24) is 24.7 Å². The van der Waals surface area contributed by atoms with E-state index in [0.29, 0.717) is 16.8 Å². The number of anilines is 3. The first kappa shape index (κ1) is 21.2. The minimum absolute atomic E-state index is 0.0868. The average molecular weight is 461 g/mol. The van der Waals surface area contributed by atoms with Gasteiger partial charge >= 0.3 is 6.09 Å². The van der Waals surface area contributed by atoms with E-state index in [-0.39, 0.29) is 41.3 Å². The van der Waals surface area contributed by atoms with E-state index in [4.69, 9.17) is 23.1 Å². The molecule has 0 saturated carbocycles. The van der Waals surface area contributed by atoms with E-state index in [9.17, 15) is 13.6 Å². The van der Waals surface area contributed by atoms with Crippen molar-refractivity contribution in [3.8, 4) is 5.95 Å². The predicted molar refractivity (Wildman–Crippen MR) is 113 cm³/mol. The Morgan fingerprint density at radius 2 is 1.91 bits per heavy atom. The lowest BCUT2D eigenvalue weighted by atomic mass is 10.1. The number of pyridine rings is 1. The van der Waals surface area contributed by atoms with Crippen LogP contribution in [0, 0.1) is 11.6 Å². The summed E-state index contributed by atoms with van der Waals surface area (Å²) in [6.45, 7) is 0. The summed E-state index contributed by atoms with van der Waals surface area (Å²) in [5.41, 5.74) is 13.0. The summed E-state index contributed by atoms with van der Waals surface area (Å²) in [6, 6.07) is 6.99. The van der Waals surface area contributed by atoms with E-state index in [1.165, 1.54) is 16.8 Å². The van der Waals surface area contributed by atoms with Gasteiger partial charge in [0.1, 0.15) is 22.8 Å². The van der Waals surface area contributed by atoms with Gasteiger partial charge in [0.15, 0.2) is 17.7 Å². The molecule has 0 saturated heterocycles. The first-order valence-corrected chi connectivity index (χ1v) is 9.60. The number of nitrogens with two attached hydrogens (primary N) is 2. The second kappa shape index (κ2) is 8.59. The second-order valence-electron chi connectivity index (χ2n) is 6.48. The van der Waals surface area contributed by atoms with Crippen LogP contribution in [0.15, 0.2) is 36.5 Å². The number of nitrogens with one attached hydrogen (secondary N) is 1. The molecule has 3 aromatic heterocycles. The maximum atomic E-state index is 14.2. The van der Waals surface area contributed by atoms with Gasteiger partial charge in [0.2, 0.25) is 0 Å². The van der Waals surface area contributed by atoms with Gasteiger partial charge in [-0.3, -0.25) is 5.32 Å². The Balaban J connectivity index is 1.80. The maximum absolute atomic E-state index is 14.2. The molecule has 0 radical (unpaired) electrons. The fourth-order valence-corrected chi connectivity index (χ4v) is 3.12. The number of fused-ring (bicyclic) bond motifs is 1. The minimum atomic E-state index is -0.905. The number of ether oxygens (including phenoxy) is 1. The summed E-state index contributed by atoms with van der Waals surface area (Å²) in [6.07, 6.45) is 0.208. The van der Waals surface area contributed by atoms with E-state index >= 15 is 0 Å². The molecule has 1 amide bonds. The van der Waals surface area contributed by atoms with Crippen molar-refractivity contribution in [3.63, 3.8) is 0 Å². The lowest BCUT2D eigenvalue weighted by molar-refractivity contribution is 0.180. The van der Waals surface area contributed by atoms with Crippen molar-refractivity contribution >= 4 is 46.1 Å². The van der Waals surface area contributed by atoms with Gasteiger partial charge in [-0.2, -0.15) is 19.7 Å². The Hall–Kier alpha value is -4.06. The molecule has 0 unspecified atom stereocenters. The summed E-state index contributed by atoms with van der Waals surface area (Å²) >= 11 is 5.34. The van der Waals surface area contributed by atoms with Gasteiger partial charge in [-0.15, -0.1) is 0 Å². The highest BCUT2D eigenvalue weighted by atomic mass is 35.5. The van der Waals surface area contributed by atoms with Crippen molar-refractivity contribution in [3.05, 3.63) is 59.4 Å². The normalized spacial score (nSPS) is 11.0. The van der Waals surface area contributed by atoms with Gasteiger partial charge < -0.3 is 16.2 Å². The Bertz CT molecular complexity index is 1310. The van der Waals surface area contributed by atoms with E-state index in [2.05, 4.69) is 30.1 Å². The van der Waals surface area contributed by atoms with Crippen LogP contribution in [0.2, 0.25) is 0 Å². The first-order valence-electron chi connectivity index (χ1n) is 9.07. The van der Waals surface area contributed by atoms with Gasteiger partial charge in [-0.1, -0.05) is 29.8 Å². The Labute approximate surface area is 184 Å². The Morgan fingerprint density at radius 1 is 1.19 bits per heavy atom. The van der Waals surface area contributed by atoms with E-state index in [1.54, 1.807) is 18.2 Å². The van der Waals surface area contributed by atoms with Crippen molar-refractivity contribution in [2.75, 3.05) is 22.9 Å². The molecule has 0 aliphatic carbocycles. The molecule has 5 N–H and O–H groups in total. The summed E-state index contributed by atoms with van der Waals surface area (Å²) in [5, 5.41) is 6.68. The number of hydrogen-bond donors (Lipinski definition) is 3. The quantitative estimate of drug-likeness (QED) is 0.385. The van der Waals surface area contributed by atoms with Crippen LogP contribution < -0.4 is 16.8 Å². The maximum Gasteiger partial charge on any atom is 0.413 e. The number of amides is 1. The highest BCUT2D eigenvalue weighted by Gasteiger charge is 2.20. The average Bonchev–Trinajstić information content (AvgIpc) is 3.10. The molecule has 10 nitrogen and oxygen atoms in total. The molecule has 164 valence electrons. The molecule has 32 heavy (non-hydrogen) atoms. The lowest BCUT2D eigenvalue weighted by Gasteiger charge is -2.11. The van der Waals surface area contributed by atoms with Gasteiger partial charge in [0, 0.05) is 12.5 Å². The summed E-state index contributed by atoms with van der Waals surface area (Å²) in [7, 11) is 0. The number of nitrogen functional groups attached to an aromatic ring is 2. The molecular weight excluding hydrogens is 446 g/mol. The van der Waals surface area contributed by atoms with Crippen molar-refractivity contribution in [2.24, 2.45) is 0 Å². The zero-order chi connectivity index (χ0) is 22.8. The standard InChI is InChI=1S/C19H15ClF2N8O2/c20-8-32-19(31)26-15-16(23)27-18(28-17(15)24)30-13-6-10(21)7-25-14(13)12(29-30)5-9-3-1-2-4-11(9)22/h1-4,6-7H,5,8H2,(H,26,31)(H4,23,24,27,28). The highest BCUT2D eigenvalue weighted by Crippen LogP contribution is 2.27. The van der Waals surface area contributed by atoms with Crippen LogP contribution in [0.3, 0.4) is 0 Å². The van der Waals surface area contributed by atoms with E-state index in [0.717, 1.165) is 6.20 Å². The van der Waals surface area contributed by atoms with Gasteiger partial charge in [0.25, 0.3) is 5.95 Å². The first-order chi connectivity index (χ1) is 15.4. The molecule has 0 atom stereocenters. The highest BCUT2D eigenvalue weighted by molar-refractivity contribution is 6.17. The third-order valence-electron chi connectivity index (χ3n) is 4.43. The predicted octanol–water partition coefficient (Wildman–Crippen LogP) is 2.99. The molecule has 4 rings (SSSR count). The minimum Gasteiger partial charge on any atom is -0.433 e. The molecule has 0 aliphatic heterocycles. The molecular formula is C19H15ClF2N8O2. The SMILES string of the molecule is Nc1nc(-n2nc(Cc3ccccc3F)c3ncc(F)cc32)nc(N)c1NC(=O)OCCl. The van der Waals surface area contributed by atoms with Crippen molar-refractivity contribution < 1.29 is 18.3 Å². The van der Waals surface area contributed by atoms with E-state index < -0.39 is 17.7 Å². The second-order valence-corrected chi connectivity index (χ2v) is 6.70. The molecule has 0 bridgehead atoms. The van der Waals surface area contributed by atoms with Crippen LogP contribution in [0.4, 0.5) is 30.9 Å². The van der Waals surface area contributed by atoms with Crippen LogP contribution in [0.1, 0.15) is 11.3 Å². The van der Waals surface area contributed by atoms with Crippen LogP contribution in [-0.2, 0) is 11.2 Å². The van der Waals surface area contributed by atoms with Gasteiger partial charge in [-0.05, 0) is 11.6 Å². The zero-order valence-corrected chi connectivity index (χ0v) is 17.0. The van der Waals surface area contributed by atoms with Gasteiger partial charge in [0.05, 0.1) is 17.4 Å². The summed E-state index contributed by atoms with van der Waals surface area (Å²) < 4.78 is 33.8. The Morgan fingerprint density at radius 3 is 2.59 bits per heavy atom. The van der Waals surface area contributed by atoms with E-state index in [1.807, 2.05) is 0 Å². The fourth-order valence-electron chi connectivity index (χ4n) is 3.02. The zero-order valence-electron chi connectivity index (χ0n) is 16.2. The van der Waals surface area contributed by atoms with Crippen LogP contribution in [0.5, 0.6) is 0 Å². The van der Waals surface area contributed by atoms with Crippen LogP contribution in [0.25, 0.3) is 17.0 Å². The molecule has 0 aliphatic rings. The molecule has 0 fully saturated rings. The summed E-state index contributed by atoms with van der Waals surface area (Å²) in [4.78, 5) is 23.9. The van der Waals surface area contributed by atoms with Gasteiger partial charge in [-0.25, -0.2) is 18.6 Å². The number of carbonyl (C=O) groups is 1. The van der Waals surface area contributed by atoms with Crippen molar-refractivity contribution in [1.29, 1.82) is 0 Å². The largest absolute Gasteiger partial charge is 0.433 e. The monoisotopic (exact) mass is 460 g/mol. The fraction of sp³-hybridized carbons (Fsp3) is 0.105. The number of benzene rings is 1. The number of carbonyl (C=O) groups excluding carboxylic acids is 1. The Kier molecular flexibility index (Phi) is 5.69. The number of nitrogens with zero attached hydrogens (tertiary/aromatic N) is 5. The van der Waals surface area contributed by atoms with Crippen molar-refractivity contribution in [2.45, 2.75) is 6.42 Å². The summed E-state index contributed by atoms with van der Waals surface area (Å²) in [5.74, 6) is -1.53. The van der Waals surface area contributed by atoms with Crippen LogP contribution >= 0.6 is 11.6 Å². The third kappa shape index (κ3) is 4.07. The molecule has 0 spiro atoms. The number of aromatic nitrogens is 5. The molecule has 13 heteroatoms. The smallest absolute Gasteiger partial charge is 0.413 e. The molecule has 1 aromatic carbocycles. The number of halogens is 3. The molecule has 4 aromatic rings. The number of alkyl halides is 1. The lowest BCUT2D eigenvalue weighted by Crippen LogP contribution is -2.18. The topological polar surface area (TPSA) is 147 Å². The molecule has 3 heterocycles. The third-order valence-corrected chi connectivity index (χ3v) is 4.54. The van der Waals surface area contributed by atoms with Crippen LogP contribution in [-0.4, -0.2) is 36.9 Å². The number of hydrogen-bond acceptors (Lipinski definition) is 8.